The lowest BCUT2D eigenvalue weighted by Gasteiger charge is -2.10. The highest BCUT2D eigenvalue weighted by molar-refractivity contribution is 6.32. The summed E-state index contributed by atoms with van der Waals surface area (Å²) in [6.07, 6.45) is 3.34. The summed E-state index contributed by atoms with van der Waals surface area (Å²) in [6.45, 7) is 2.52. The van der Waals surface area contributed by atoms with Crippen LogP contribution < -0.4 is 10.1 Å². The van der Waals surface area contributed by atoms with E-state index in [1.807, 2.05) is 61.5 Å². The van der Waals surface area contributed by atoms with Gasteiger partial charge in [0.05, 0.1) is 12.2 Å². The number of anilines is 1. The molecule has 2 heterocycles. The second kappa shape index (κ2) is 9.45. The van der Waals surface area contributed by atoms with Crippen molar-refractivity contribution in [1.29, 1.82) is 0 Å². The lowest BCUT2D eigenvalue weighted by molar-refractivity contribution is -0.116. The first-order valence-electron chi connectivity index (χ1n) is 9.80. The maximum Gasteiger partial charge on any atom is 0.249 e. The average Bonchev–Trinajstić information content (AvgIpc) is 3.24. The normalized spacial score (nSPS) is 11.7. The van der Waals surface area contributed by atoms with Crippen LogP contribution in [0.5, 0.6) is 5.75 Å². The summed E-state index contributed by atoms with van der Waals surface area (Å²) in [4.78, 5) is 16.9. The number of hydrogen-bond donors (Lipinski definition) is 1. The minimum Gasteiger partial charge on any atom is -0.494 e. The van der Waals surface area contributed by atoms with Gasteiger partial charge in [0.25, 0.3) is 0 Å². The van der Waals surface area contributed by atoms with E-state index in [0.29, 0.717) is 23.4 Å². The third-order valence-electron chi connectivity index (χ3n) is 4.66. The summed E-state index contributed by atoms with van der Waals surface area (Å²) in [6, 6.07) is 20.3. The van der Waals surface area contributed by atoms with Crippen molar-refractivity contribution in [2.24, 2.45) is 0 Å². The molecule has 2 aromatic carbocycles. The summed E-state index contributed by atoms with van der Waals surface area (Å²) in [7, 11) is 0. The summed E-state index contributed by atoms with van der Waals surface area (Å²) in [5.74, 6) is 0.584. The number of benzene rings is 2. The van der Waals surface area contributed by atoms with E-state index in [0.717, 1.165) is 16.9 Å². The smallest absolute Gasteiger partial charge is 0.249 e. The summed E-state index contributed by atoms with van der Waals surface area (Å²) < 4.78 is 11.1. The van der Waals surface area contributed by atoms with Crippen molar-refractivity contribution in [2.75, 3.05) is 11.9 Å². The second-order valence-corrected chi connectivity index (χ2v) is 7.13. The molecule has 31 heavy (non-hydrogen) atoms. The lowest BCUT2D eigenvalue weighted by Crippen LogP contribution is -2.17. The molecule has 0 saturated heterocycles. The molecular weight excluding hydrogens is 414 g/mol. The quantitative estimate of drug-likeness (QED) is 0.377. The molecule has 6 nitrogen and oxygen atoms in total. The van der Waals surface area contributed by atoms with Gasteiger partial charge in [-0.05, 0) is 54.4 Å². The molecular formula is C24H20ClN3O3. The van der Waals surface area contributed by atoms with E-state index in [-0.39, 0.29) is 5.88 Å². The number of hydrogen-bond acceptors (Lipinski definition) is 5. The first-order chi connectivity index (χ1) is 15.2. The Morgan fingerprint density at radius 3 is 2.42 bits per heavy atom. The van der Waals surface area contributed by atoms with Gasteiger partial charge >= 0.3 is 0 Å². The number of nitrogens with zero attached hydrogens (tertiary/aromatic N) is 2. The van der Waals surface area contributed by atoms with Gasteiger partial charge in [0.1, 0.15) is 16.8 Å². The number of carbonyl (C=O) groups excluding carboxylic acids is 1. The van der Waals surface area contributed by atoms with Crippen LogP contribution in [0.4, 0.5) is 5.88 Å². The minimum absolute atomic E-state index is 0.224. The van der Waals surface area contributed by atoms with E-state index in [1.54, 1.807) is 24.5 Å². The highest BCUT2D eigenvalue weighted by atomic mass is 35.5. The fourth-order valence-corrected chi connectivity index (χ4v) is 3.38. The molecule has 156 valence electrons. The highest BCUT2D eigenvalue weighted by Crippen LogP contribution is 2.38. The van der Waals surface area contributed by atoms with E-state index in [1.165, 1.54) is 0 Å². The standard InChI is InChI=1S/C24H20ClN3O3/c1-2-30-19-10-8-18(9-11-19)22-20(16-12-14-26-15-13-16)24(31-28-22)27-23(29)21(25)17-6-4-3-5-7-17/h3-15,21H,2H2,1H3,(H,27,29). The van der Waals surface area contributed by atoms with Crippen LogP contribution in [0.15, 0.2) is 83.6 Å². The Bertz CT molecular complexity index is 1150. The molecule has 0 fully saturated rings. The number of aromatic nitrogens is 2. The van der Waals surface area contributed by atoms with Crippen molar-refractivity contribution >= 4 is 23.4 Å². The fourth-order valence-electron chi connectivity index (χ4n) is 3.18. The maximum absolute atomic E-state index is 12.8. The molecule has 1 unspecified atom stereocenters. The van der Waals surface area contributed by atoms with Crippen LogP contribution in [0.25, 0.3) is 22.4 Å². The number of amides is 1. The van der Waals surface area contributed by atoms with Crippen molar-refractivity contribution in [1.82, 2.24) is 10.1 Å². The first kappa shape index (κ1) is 20.6. The number of nitrogens with one attached hydrogen (secondary N) is 1. The third kappa shape index (κ3) is 4.59. The molecule has 0 bridgehead atoms. The first-order valence-corrected chi connectivity index (χ1v) is 10.2. The third-order valence-corrected chi connectivity index (χ3v) is 5.11. The maximum atomic E-state index is 12.8. The Labute approximate surface area is 184 Å². The van der Waals surface area contributed by atoms with E-state index in [4.69, 9.17) is 20.9 Å². The van der Waals surface area contributed by atoms with Crippen molar-refractivity contribution in [3.05, 3.63) is 84.7 Å². The Kier molecular flexibility index (Phi) is 6.29. The molecule has 2 aromatic heterocycles. The predicted molar refractivity (Wildman–Crippen MR) is 120 cm³/mol. The molecule has 0 radical (unpaired) electrons. The molecule has 4 aromatic rings. The molecule has 0 aliphatic heterocycles. The van der Waals surface area contributed by atoms with Gasteiger partial charge in [-0.15, -0.1) is 11.6 Å². The summed E-state index contributed by atoms with van der Waals surface area (Å²) >= 11 is 6.38. The Hall–Kier alpha value is -3.64. The van der Waals surface area contributed by atoms with Gasteiger partial charge in [0, 0.05) is 18.0 Å². The van der Waals surface area contributed by atoms with Gasteiger partial charge in [0.15, 0.2) is 0 Å². The molecule has 0 saturated carbocycles. The number of halogens is 1. The van der Waals surface area contributed by atoms with E-state index in [2.05, 4.69) is 15.5 Å². The zero-order valence-corrected chi connectivity index (χ0v) is 17.5. The van der Waals surface area contributed by atoms with Gasteiger partial charge in [-0.25, -0.2) is 0 Å². The largest absolute Gasteiger partial charge is 0.494 e. The van der Waals surface area contributed by atoms with Crippen LogP contribution in [-0.2, 0) is 4.79 Å². The van der Waals surface area contributed by atoms with Crippen LogP contribution in [0.2, 0.25) is 0 Å². The van der Waals surface area contributed by atoms with Crippen LogP contribution in [0.1, 0.15) is 17.9 Å². The zero-order chi connectivity index (χ0) is 21.6. The zero-order valence-electron chi connectivity index (χ0n) is 16.8. The molecule has 0 aliphatic carbocycles. The Balaban J connectivity index is 1.69. The molecule has 7 heteroatoms. The van der Waals surface area contributed by atoms with Gasteiger partial charge in [0.2, 0.25) is 11.8 Å². The molecule has 1 atom stereocenters. The SMILES string of the molecule is CCOc1ccc(-c2noc(NC(=O)C(Cl)c3ccccc3)c2-c2ccncc2)cc1. The molecule has 1 amide bonds. The van der Waals surface area contributed by atoms with Crippen LogP contribution in [0.3, 0.4) is 0 Å². The van der Waals surface area contributed by atoms with Crippen molar-refractivity contribution < 1.29 is 14.1 Å². The Morgan fingerprint density at radius 1 is 1.03 bits per heavy atom. The number of carbonyl (C=O) groups is 1. The van der Waals surface area contributed by atoms with Crippen molar-refractivity contribution in [3.63, 3.8) is 0 Å². The summed E-state index contributed by atoms with van der Waals surface area (Å²) in [5.41, 5.74) is 3.57. The second-order valence-electron chi connectivity index (χ2n) is 6.69. The number of ether oxygens (including phenoxy) is 1. The lowest BCUT2D eigenvalue weighted by atomic mass is 10.0. The van der Waals surface area contributed by atoms with Crippen LogP contribution in [0, 0.1) is 0 Å². The van der Waals surface area contributed by atoms with Gasteiger partial charge in [-0.2, -0.15) is 0 Å². The molecule has 0 aliphatic rings. The predicted octanol–water partition coefficient (Wildman–Crippen LogP) is 5.72. The van der Waals surface area contributed by atoms with E-state index >= 15 is 0 Å². The average molecular weight is 434 g/mol. The molecule has 1 N–H and O–H groups in total. The number of rotatable bonds is 7. The van der Waals surface area contributed by atoms with Crippen LogP contribution in [-0.4, -0.2) is 22.7 Å². The Morgan fingerprint density at radius 2 is 1.74 bits per heavy atom. The summed E-state index contributed by atoms with van der Waals surface area (Å²) in [5, 5.41) is 6.14. The number of pyridine rings is 1. The fraction of sp³-hybridized carbons (Fsp3) is 0.125. The van der Waals surface area contributed by atoms with Gasteiger partial charge < -0.3 is 9.26 Å². The molecule has 0 spiro atoms. The van der Waals surface area contributed by atoms with Gasteiger partial charge in [-0.1, -0.05) is 35.5 Å². The highest BCUT2D eigenvalue weighted by Gasteiger charge is 2.24. The van der Waals surface area contributed by atoms with Crippen molar-refractivity contribution in [3.8, 4) is 28.1 Å². The molecule has 4 rings (SSSR count). The van der Waals surface area contributed by atoms with E-state index < -0.39 is 11.3 Å². The number of alkyl halides is 1. The van der Waals surface area contributed by atoms with E-state index in [9.17, 15) is 4.79 Å². The monoisotopic (exact) mass is 433 g/mol. The van der Waals surface area contributed by atoms with Crippen LogP contribution >= 0.6 is 11.6 Å². The van der Waals surface area contributed by atoms with Gasteiger partial charge in [-0.3, -0.25) is 15.1 Å². The van der Waals surface area contributed by atoms with Crippen molar-refractivity contribution in [2.45, 2.75) is 12.3 Å². The minimum atomic E-state index is -0.870. The topological polar surface area (TPSA) is 77.3 Å².